The zero-order chi connectivity index (χ0) is 23.4. The van der Waals surface area contributed by atoms with Crippen LogP contribution in [0.25, 0.3) is 21.8 Å². The fraction of sp³-hybridized carbons (Fsp3) is 0.333. The van der Waals surface area contributed by atoms with Crippen LogP contribution in [0.3, 0.4) is 0 Å². The van der Waals surface area contributed by atoms with Gasteiger partial charge in [-0.15, -0.1) is 0 Å². The van der Waals surface area contributed by atoms with Crippen LogP contribution in [0.2, 0.25) is 0 Å². The monoisotopic (exact) mass is 467 g/mol. The number of nitrogens with two attached hydrogens (primary N) is 1. The van der Waals surface area contributed by atoms with Crippen LogP contribution in [0.15, 0.2) is 53.4 Å². The van der Waals surface area contributed by atoms with Gasteiger partial charge in [0.25, 0.3) is 0 Å². The summed E-state index contributed by atoms with van der Waals surface area (Å²) in [7, 11) is -3.60. The molecule has 0 spiro atoms. The second-order valence-electron chi connectivity index (χ2n) is 7.92. The Balaban J connectivity index is 1.43. The van der Waals surface area contributed by atoms with E-state index in [1.165, 1.54) is 0 Å². The highest BCUT2D eigenvalue weighted by atomic mass is 32.2. The van der Waals surface area contributed by atoms with Crippen LogP contribution in [0.4, 0.5) is 5.82 Å². The summed E-state index contributed by atoms with van der Waals surface area (Å²) in [5.74, 6) is 1.20. The molecule has 8 nitrogen and oxygen atoms in total. The van der Waals surface area contributed by atoms with Gasteiger partial charge in [0.2, 0.25) is 10.0 Å². The van der Waals surface area contributed by atoms with Crippen molar-refractivity contribution < 1.29 is 13.2 Å². The van der Waals surface area contributed by atoms with Crippen molar-refractivity contribution in [3.63, 3.8) is 0 Å². The smallest absolute Gasteiger partial charge is 0.241 e. The summed E-state index contributed by atoms with van der Waals surface area (Å²) < 4.78 is 36.2. The average Bonchev–Trinajstić information content (AvgIpc) is 3.14. The summed E-state index contributed by atoms with van der Waals surface area (Å²) in [5, 5.41) is 1.62. The number of fused-ring (bicyclic) bond motifs is 2. The molecule has 2 aromatic heterocycles. The molecule has 0 bridgehead atoms. The summed E-state index contributed by atoms with van der Waals surface area (Å²) in [6.07, 6.45) is 1.45. The molecule has 0 unspecified atom stereocenters. The predicted molar refractivity (Wildman–Crippen MR) is 130 cm³/mol. The lowest BCUT2D eigenvalue weighted by atomic mass is 10.1. The zero-order valence-electron chi connectivity index (χ0n) is 18.9. The van der Waals surface area contributed by atoms with Gasteiger partial charge in [-0.25, -0.2) is 23.1 Å². The third kappa shape index (κ3) is 5.00. The second kappa shape index (κ2) is 9.86. The number of nitrogen functional groups attached to an aromatic ring is 1. The second-order valence-corrected chi connectivity index (χ2v) is 9.65. The Hall–Kier alpha value is -3.01. The van der Waals surface area contributed by atoms with Crippen molar-refractivity contribution in [2.45, 2.75) is 44.7 Å². The molecule has 3 N–H and O–H groups in total. The fourth-order valence-corrected chi connectivity index (χ4v) is 5.29. The summed E-state index contributed by atoms with van der Waals surface area (Å²) in [6, 6.07) is 14.8. The molecule has 4 aromatic rings. The molecule has 0 amide bonds. The molecule has 2 aromatic carbocycles. The molecule has 0 aliphatic rings. The molecule has 2 heterocycles. The minimum Gasteiger partial charge on any atom is -0.382 e. The van der Waals surface area contributed by atoms with Crippen molar-refractivity contribution in [1.82, 2.24) is 19.3 Å². The number of rotatable bonds is 10. The van der Waals surface area contributed by atoms with Crippen molar-refractivity contribution in [1.29, 1.82) is 0 Å². The molecule has 33 heavy (non-hydrogen) atoms. The molecule has 9 heteroatoms. The number of nitrogens with zero attached hydrogens (tertiary/aromatic N) is 3. The Kier molecular flexibility index (Phi) is 6.92. The van der Waals surface area contributed by atoms with Crippen molar-refractivity contribution in [3.8, 4) is 0 Å². The highest BCUT2D eigenvalue weighted by molar-refractivity contribution is 7.89. The lowest BCUT2D eigenvalue weighted by Crippen LogP contribution is -2.25. The lowest BCUT2D eigenvalue weighted by Gasteiger charge is -2.11. The molecular formula is C24H29N5O3S. The Morgan fingerprint density at radius 2 is 1.88 bits per heavy atom. The average molecular weight is 468 g/mol. The number of aromatic nitrogens is 3. The first-order valence-corrected chi connectivity index (χ1v) is 12.6. The fourth-order valence-electron chi connectivity index (χ4n) is 3.98. The van der Waals surface area contributed by atoms with Crippen LogP contribution in [0, 0.1) is 6.92 Å². The number of hydrogen-bond donors (Lipinski definition) is 2. The summed E-state index contributed by atoms with van der Waals surface area (Å²) in [6.45, 7) is 5.84. The third-order valence-electron chi connectivity index (χ3n) is 5.55. The lowest BCUT2D eigenvalue weighted by molar-refractivity contribution is 0.126. The van der Waals surface area contributed by atoms with E-state index in [2.05, 4.69) is 19.3 Å². The van der Waals surface area contributed by atoms with Crippen LogP contribution in [-0.2, 0) is 27.9 Å². The van der Waals surface area contributed by atoms with Gasteiger partial charge in [-0.1, -0.05) is 36.4 Å². The zero-order valence-corrected chi connectivity index (χ0v) is 19.7. The minimum atomic E-state index is -3.60. The normalized spacial score (nSPS) is 12.1. The van der Waals surface area contributed by atoms with E-state index in [9.17, 15) is 8.42 Å². The SMILES string of the molecule is CCOCc1nc2c(N)nc(C)cc2n1CCCCNS(=O)(=O)c1cccc2ccccc12. The van der Waals surface area contributed by atoms with Crippen LogP contribution >= 0.6 is 0 Å². The Morgan fingerprint density at radius 1 is 1.09 bits per heavy atom. The van der Waals surface area contributed by atoms with Gasteiger partial charge >= 0.3 is 0 Å². The standard InChI is InChI=1S/C24H29N5O3S/c1-3-32-16-22-28-23-20(15-17(2)27-24(23)25)29(22)14-7-6-13-26-33(30,31)21-12-8-10-18-9-4-5-11-19(18)21/h4-5,8-12,15,26H,3,6-7,13-14,16H2,1-2H3,(H2,25,27). The first kappa shape index (κ1) is 23.2. The maximum Gasteiger partial charge on any atom is 0.241 e. The van der Waals surface area contributed by atoms with Crippen LogP contribution in [0.1, 0.15) is 31.3 Å². The van der Waals surface area contributed by atoms with Gasteiger partial charge in [-0.3, -0.25) is 0 Å². The van der Waals surface area contributed by atoms with E-state index in [0.717, 1.165) is 34.2 Å². The van der Waals surface area contributed by atoms with Crippen LogP contribution in [0.5, 0.6) is 0 Å². The van der Waals surface area contributed by atoms with E-state index >= 15 is 0 Å². The number of benzene rings is 2. The van der Waals surface area contributed by atoms with Gasteiger partial charge in [0.15, 0.2) is 5.82 Å². The molecule has 0 atom stereocenters. The maximum atomic E-state index is 12.9. The van der Waals surface area contributed by atoms with Gasteiger partial charge in [-0.05, 0) is 44.2 Å². The molecule has 0 saturated heterocycles. The van der Waals surface area contributed by atoms with Gasteiger partial charge in [0, 0.05) is 30.8 Å². The van der Waals surface area contributed by atoms with Gasteiger partial charge in [0.05, 0.1) is 10.4 Å². The molecular weight excluding hydrogens is 438 g/mol. The third-order valence-corrected chi connectivity index (χ3v) is 7.07. The molecule has 4 rings (SSSR count). The number of pyridine rings is 1. The van der Waals surface area contributed by atoms with Gasteiger partial charge in [0.1, 0.15) is 17.9 Å². The van der Waals surface area contributed by atoms with E-state index in [4.69, 9.17) is 10.5 Å². The molecule has 0 fully saturated rings. The van der Waals surface area contributed by atoms with E-state index in [1.807, 2.05) is 50.2 Å². The van der Waals surface area contributed by atoms with Crippen molar-refractivity contribution in [3.05, 3.63) is 60.0 Å². The van der Waals surface area contributed by atoms with Crippen molar-refractivity contribution in [2.24, 2.45) is 0 Å². The largest absolute Gasteiger partial charge is 0.382 e. The molecule has 0 aliphatic carbocycles. The highest BCUT2D eigenvalue weighted by Crippen LogP contribution is 2.24. The van der Waals surface area contributed by atoms with E-state index in [-0.39, 0.29) is 0 Å². The van der Waals surface area contributed by atoms with E-state index in [0.29, 0.717) is 49.0 Å². The summed E-state index contributed by atoms with van der Waals surface area (Å²) in [4.78, 5) is 9.25. The Labute approximate surface area is 193 Å². The number of sulfonamides is 1. The number of ether oxygens (including phenoxy) is 1. The quantitative estimate of drug-likeness (QED) is 0.343. The Bertz CT molecular complexity index is 1380. The first-order valence-electron chi connectivity index (χ1n) is 11.1. The topological polar surface area (TPSA) is 112 Å². The van der Waals surface area contributed by atoms with E-state index in [1.54, 1.807) is 12.1 Å². The molecule has 174 valence electrons. The number of nitrogens with one attached hydrogen (secondary N) is 1. The number of anilines is 1. The van der Waals surface area contributed by atoms with Gasteiger partial charge in [-0.2, -0.15) is 0 Å². The summed E-state index contributed by atoms with van der Waals surface area (Å²) in [5.41, 5.74) is 8.50. The molecule has 0 aliphatic heterocycles. The van der Waals surface area contributed by atoms with Crippen LogP contribution in [-0.4, -0.2) is 36.1 Å². The first-order chi connectivity index (χ1) is 15.9. The van der Waals surface area contributed by atoms with Crippen molar-refractivity contribution in [2.75, 3.05) is 18.9 Å². The predicted octanol–water partition coefficient (Wildman–Crippen LogP) is 3.77. The number of hydrogen-bond acceptors (Lipinski definition) is 6. The minimum absolute atomic E-state index is 0.304. The molecule has 0 radical (unpaired) electrons. The summed E-state index contributed by atoms with van der Waals surface area (Å²) >= 11 is 0. The number of unbranched alkanes of at least 4 members (excludes halogenated alkanes) is 1. The van der Waals surface area contributed by atoms with E-state index < -0.39 is 10.0 Å². The Morgan fingerprint density at radius 3 is 2.70 bits per heavy atom. The van der Waals surface area contributed by atoms with Crippen LogP contribution < -0.4 is 10.5 Å². The van der Waals surface area contributed by atoms with Crippen molar-refractivity contribution >= 4 is 37.6 Å². The number of imidazole rings is 1. The highest BCUT2D eigenvalue weighted by Gasteiger charge is 2.17. The maximum absolute atomic E-state index is 12.9. The van der Waals surface area contributed by atoms with Gasteiger partial charge < -0.3 is 15.0 Å². The number of aryl methyl sites for hydroxylation is 2. The molecule has 0 saturated carbocycles.